The lowest BCUT2D eigenvalue weighted by Crippen LogP contribution is -2.59. The lowest BCUT2D eigenvalue weighted by Gasteiger charge is -2.38. The first-order chi connectivity index (χ1) is 10.0. The number of H-pyrrole nitrogens is 1. The summed E-state index contributed by atoms with van der Waals surface area (Å²) < 4.78 is 0. The quantitative estimate of drug-likeness (QED) is 0.791. The van der Waals surface area contributed by atoms with Gasteiger partial charge in [-0.2, -0.15) is 0 Å². The number of nitrogens with one attached hydrogen (secondary N) is 2. The molecule has 2 aromatic rings. The van der Waals surface area contributed by atoms with E-state index in [9.17, 15) is 19.5 Å². The molecule has 0 atom stereocenters. The Morgan fingerprint density at radius 1 is 1.24 bits per heavy atom. The molecule has 6 nitrogen and oxygen atoms in total. The van der Waals surface area contributed by atoms with Gasteiger partial charge in [0.2, 0.25) is 0 Å². The predicted octanol–water partition coefficient (Wildman–Crippen LogP) is 1.27. The lowest BCUT2D eigenvalue weighted by atomic mass is 9.76. The second-order valence-electron chi connectivity index (χ2n) is 5.29. The van der Waals surface area contributed by atoms with Crippen LogP contribution in [0.4, 0.5) is 0 Å². The molecule has 0 saturated heterocycles. The summed E-state index contributed by atoms with van der Waals surface area (Å²) in [5, 5.41) is 12.2. The fourth-order valence-corrected chi connectivity index (χ4v) is 2.53. The molecule has 21 heavy (non-hydrogen) atoms. The van der Waals surface area contributed by atoms with Crippen molar-refractivity contribution in [1.82, 2.24) is 10.3 Å². The third-order valence-corrected chi connectivity index (χ3v) is 3.95. The van der Waals surface area contributed by atoms with Crippen LogP contribution in [0.1, 0.15) is 29.8 Å². The lowest BCUT2D eigenvalue weighted by molar-refractivity contribution is -0.148. The van der Waals surface area contributed by atoms with E-state index >= 15 is 0 Å². The summed E-state index contributed by atoms with van der Waals surface area (Å²) in [6.07, 6.45) is 1.58. The number of aliphatic carboxylic acids is 1. The van der Waals surface area contributed by atoms with Crippen LogP contribution < -0.4 is 10.7 Å². The first kappa shape index (κ1) is 13.4. The number of hydrogen-bond donors (Lipinski definition) is 3. The van der Waals surface area contributed by atoms with E-state index in [1.807, 2.05) is 0 Å². The average Bonchev–Trinajstić information content (AvgIpc) is 2.42. The normalized spacial score (nSPS) is 16.2. The molecule has 1 saturated carbocycles. The molecule has 0 spiro atoms. The highest BCUT2D eigenvalue weighted by Gasteiger charge is 2.45. The van der Waals surface area contributed by atoms with E-state index in [0.717, 1.165) is 6.42 Å². The Balaban J connectivity index is 1.95. The van der Waals surface area contributed by atoms with Crippen LogP contribution in [0, 0.1) is 0 Å². The van der Waals surface area contributed by atoms with Gasteiger partial charge in [-0.05, 0) is 31.4 Å². The van der Waals surface area contributed by atoms with Crippen molar-refractivity contribution in [2.75, 3.05) is 0 Å². The van der Waals surface area contributed by atoms with Crippen molar-refractivity contribution in [3.63, 3.8) is 0 Å². The predicted molar refractivity (Wildman–Crippen MR) is 76.3 cm³/mol. The third kappa shape index (κ3) is 2.18. The van der Waals surface area contributed by atoms with Crippen LogP contribution in [-0.4, -0.2) is 27.5 Å². The molecule has 1 aromatic carbocycles. The van der Waals surface area contributed by atoms with Gasteiger partial charge in [0.15, 0.2) is 5.43 Å². The number of rotatable bonds is 3. The molecule has 3 rings (SSSR count). The monoisotopic (exact) mass is 286 g/mol. The molecule has 1 aromatic heterocycles. The Morgan fingerprint density at radius 3 is 2.57 bits per heavy atom. The summed E-state index contributed by atoms with van der Waals surface area (Å²) in [4.78, 5) is 38.3. The minimum Gasteiger partial charge on any atom is -0.480 e. The molecule has 1 aliphatic carbocycles. The maximum atomic E-state index is 12.2. The van der Waals surface area contributed by atoms with Crippen molar-refractivity contribution in [2.45, 2.75) is 24.8 Å². The number of carbonyl (C=O) groups excluding carboxylic acids is 1. The molecular weight excluding hydrogens is 272 g/mol. The molecule has 1 fully saturated rings. The Kier molecular flexibility index (Phi) is 3.01. The van der Waals surface area contributed by atoms with Crippen LogP contribution in [-0.2, 0) is 4.79 Å². The Labute approximate surface area is 119 Å². The largest absolute Gasteiger partial charge is 0.480 e. The van der Waals surface area contributed by atoms with Gasteiger partial charge in [-0.25, -0.2) is 4.79 Å². The molecule has 1 heterocycles. The molecular formula is C15H14N2O4. The van der Waals surface area contributed by atoms with Crippen LogP contribution >= 0.6 is 0 Å². The fraction of sp³-hybridized carbons (Fsp3) is 0.267. The topological polar surface area (TPSA) is 99.3 Å². The second-order valence-corrected chi connectivity index (χ2v) is 5.29. The van der Waals surface area contributed by atoms with E-state index in [2.05, 4.69) is 10.3 Å². The highest BCUT2D eigenvalue weighted by molar-refractivity contribution is 5.98. The van der Waals surface area contributed by atoms with Gasteiger partial charge >= 0.3 is 5.97 Å². The summed E-state index contributed by atoms with van der Waals surface area (Å²) >= 11 is 0. The highest BCUT2D eigenvalue weighted by atomic mass is 16.4. The van der Waals surface area contributed by atoms with Gasteiger partial charge in [-0.15, -0.1) is 0 Å². The molecule has 0 radical (unpaired) electrons. The number of benzene rings is 1. The molecule has 1 amide bonds. The van der Waals surface area contributed by atoms with E-state index in [1.165, 1.54) is 6.07 Å². The number of hydrogen-bond acceptors (Lipinski definition) is 3. The zero-order chi connectivity index (χ0) is 15.0. The smallest absolute Gasteiger partial charge is 0.329 e. The Bertz CT molecular complexity index is 790. The van der Waals surface area contributed by atoms with Crippen molar-refractivity contribution in [2.24, 2.45) is 0 Å². The number of amides is 1. The van der Waals surface area contributed by atoms with Gasteiger partial charge in [0.1, 0.15) is 11.2 Å². The van der Waals surface area contributed by atoms with E-state index in [1.54, 1.807) is 24.3 Å². The van der Waals surface area contributed by atoms with E-state index in [4.69, 9.17) is 0 Å². The SMILES string of the molecule is O=C(NC1(C(=O)O)CCC1)c1cc(=O)c2ccccc2[nH]1. The minimum atomic E-state index is -1.19. The molecule has 108 valence electrons. The Morgan fingerprint density at radius 2 is 1.95 bits per heavy atom. The summed E-state index contributed by atoms with van der Waals surface area (Å²) in [5.74, 6) is -1.61. The first-order valence-corrected chi connectivity index (χ1v) is 6.70. The number of aromatic amines is 1. The number of aromatic nitrogens is 1. The summed E-state index contributed by atoms with van der Waals surface area (Å²) in [5.41, 5.74) is -0.841. The molecule has 0 aliphatic heterocycles. The number of pyridine rings is 1. The van der Waals surface area contributed by atoms with Crippen molar-refractivity contribution in [1.29, 1.82) is 0 Å². The van der Waals surface area contributed by atoms with Crippen LogP contribution in [0.5, 0.6) is 0 Å². The van der Waals surface area contributed by atoms with Crippen molar-refractivity contribution in [3.8, 4) is 0 Å². The highest BCUT2D eigenvalue weighted by Crippen LogP contribution is 2.32. The van der Waals surface area contributed by atoms with Gasteiger partial charge in [0.05, 0.1) is 0 Å². The fourth-order valence-electron chi connectivity index (χ4n) is 2.53. The van der Waals surface area contributed by atoms with Crippen molar-refractivity contribution in [3.05, 3.63) is 46.2 Å². The second kappa shape index (κ2) is 4.73. The van der Waals surface area contributed by atoms with Crippen LogP contribution in [0.3, 0.4) is 0 Å². The molecule has 0 bridgehead atoms. The molecule has 6 heteroatoms. The average molecular weight is 286 g/mol. The van der Waals surface area contributed by atoms with E-state index in [-0.39, 0.29) is 11.1 Å². The number of para-hydroxylation sites is 1. The zero-order valence-electron chi connectivity index (χ0n) is 11.2. The number of carboxylic acid groups (broad SMARTS) is 1. The maximum Gasteiger partial charge on any atom is 0.329 e. The van der Waals surface area contributed by atoms with Crippen molar-refractivity contribution >= 4 is 22.8 Å². The minimum absolute atomic E-state index is 0.0752. The molecule has 1 aliphatic rings. The number of fused-ring (bicyclic) bond motifs is 1. The third-order valence-electron chi connectivity index (χ3n) is 3.95. The van der Waals surface area contributed by atoms with Crippen LogP contribution in [0.15, 0.2) is 35.1 Å². The van der Waals surface area contributed by atoms with E-state index in [0.29, 0.717) is 23.7 Å². The summed E-state index contributed by atoms with van der Waals surface area (Å²) in [7, 11) is 0. The standard InChI is InChI=1S/C15H14N2O4/c18-12-8-11(16-10-5-2-1-4-9(10)12)13(19)17-15(14(20)21)6-3-7-15/h1-2,4-5,8H,3,6-7H2,(H,16,18)(H,17,19)(H,20,21). The molecule has 0 unspecified atom stereocenters. The zero-order valence-corrected chi connectivity index (χ0v) is 11.2. The van der Waals surface area contributed by atoms with Gasteiger partial charge in [-0.3, -0.25) is 9.59 Å². The summed E-state index contributed by atoms with van der Waals surface area (Å²) in [6, 6.07) is 8.06. The van der Waals surface area contributed by atoms with Crippen LogP contribution in [0.2, 0.25) is 0 Å². The van der Waals surface area contributed by atoms with Gasteiger partial charge in [0.25, 0.3) is 5.91 Å². The molecule has 3 N–H and O–H groups in total. The van der Waals surface area contributed by atoms with Gasteiger partial charge in [0, 0.05) is 17.0 Å². The maximum absolute atomic E-state index is 12.2. The van der Waals surface area contributed by atoms with Crippen molar-refractivity contribution < 1.29 is 14.7 Å². The first-order valence-electron chi connectivity index (χ1n) is 6.70. The number of carboxylic acids is 1. The van der Waals surface area contributed by atoms with Crippen LogP contribution in [0.25, 0.3) is 10.9 Å². The van der Waals surface area contributed by atoms with Gasteiger partial charge in [-0.1, -0.05) is 12.1 Å². The van der Waals surface area contributed by atoms with E-state index < -0.39 is 17.4 Å². The summed E-state index contributed by atoms with van der Waals surface area (Å²) in [6.45, 7) is 0. The van der Waals surface area contributed by atoms with Gasteiger partial charge < -0.3 is 15.4 Å². The Hall–Kier alpha value is -2.63. The number of carbonyl (C=O) groups is 2.